The molecular weight excluding hydrogens is 284 g/mol. The third-order valence-electron chi connectivity index (χ3n) is 4.16. The van der Waals surface area contributed by atoms with Crippen molar-refractivity contribution in [3.05, 3.63) is 24.3 Å². The van der Waals surface area contributed by atoms with Crippen molar-refractivity contribution in [1.82, 2.24) is 4.72 Å². The Balaban J connectivity index is 2.04. The largest absolute Gasteiger partial charge is 0.385 e. The molecule has 2 rings (SSSR count). The predicted molar refractivity (Wildman–Crippen MR) is 87.0 cm³/mol. The molecular formula is C16H26N2O2S. The molecule has 1 fully saturated rings. The molecule has 2 N–H and O–H groups in total. The molecule has 0 aromatic heterocycles. The van der Waals surface area contributed by atoms with Gasteiger partial charge in [-0.25, -0.2) is 13.1 Å². The SMILES string of the molecule is CCCNc1ccc(S(=O)(=O)NC2CCCCC2C)cc1. The van der Waals surface area contributed by atoms with E-state index in [2.05, 4.69) is 23.9 Å². The van der Waals surface area contributed by atoms with Crippen molar-refractivity contribution in [3.63, 3.8) is 0 Å². The first kappa shape index (κ1) is 16.3. The lowest BCUT2D eigenvalue weighted by molar-refractivity contribution is 0.310. The summed E-state index contributed by atoms with van der Waals surface area (Å²) in [5.41, 5.74) is 0.960. The maximum Gasteiger partial charge on any atom is 0.240 e. The maximum atomic E-state index is 12.4. The summed E-state index contributed by atoms with van der Waals surface area (Å²) < 4.78 is 27.8. The van der Waals surface area contributed by atoms with Crippen LogP contribution in [0.5, 0.6) is 0 Å². The van der Waals surface area contributed by atoms with Gasteiger partial charge in [0.15, 0.2) is 0 Å². The monoisotopic (exact) mass is 310 g/mol. The molecule has 1 aliphatic carbocycles. The van der Waals surface area contributed by atoms with Crippen molar-refractivity contribution in [3.8, 4) is 0 Å². The topological polar surface area (TPSA) is 58.2 Å². The second kappa shape index (κ2) is 7.27. The van der Waals surface area contributed by atoms with Crippen LogP contribution in [0.25, 0.3) is 0 Å². The minimum atomic E-state index is -3.41. The number of hydrogen-bond acceptors (Lipinski definition) is 3. The van der Waals surface area contributed by atoms with Crippen LogP contribution in [0.1, 0.15) is 46.0 Å². The summed E-state index contributed by atoms with van der Waals surface area (Å²) in [6, 6.07) is 7.08. The van der Waals surface area contributed by atoms with E-state index in [9.17, 15) is 8.42 Å². The summed E-state index contributed by atoms with van der Waals surface area (Å²) in [6.07, 6.45) is 5.40. The van der Waals surface area contributed by atoms with Crippen LogP contribution in [-0.2, 0) is 10.0 Å². The Hall–Kier alpha value is -1.07. The summed E-state index contributed by atoms with van der Waals surface area (Å²) in [5, 5.41) is 3.25. The van der Waals surface area contributed by atoms with Gasteiger partial charge in [0.25, 0.3) is 0 Å². The van der Waals surface area contributed by atoms with Gasteiger partial charge in [0, 0.05) is 18.3 Å². The highest BCUT2D eigenvalue weighted by atomic mass is 32.2. The van der Waals surface area contributed by atoms with Gasteiger partial charge in [0.1, 0.15) is 0 Å². The van der Waals surface area contributed by atoms with Crippen LogP contribution in [0.3, 0.4) is 0 Å². The molecule has 0 saturated heterocycles. The molecule has 118 valence electrons. The zero-order valence-electron chi connectivity index (χ0n) is 12.9. The fourth-order valence-electron chi connectivity index (χ4n) is 2.78. The van der Waals surface area contributed by atoms with Crippen molar-refractivity contribution in [2.24, 2.45) is 5.92 Å². The summed E-state index contributed by atoms with van der Waals surface area (Å²) in [4.78, 5) is 0.349. The average Bonchev–Trinajstić information content (AvgIpc) is 2.48. The van der Waals surface area contributed by atoms with Gasteiger partial charge in [-0.2, -0.15) is 0 Å². The molecule has 0 radical (unpaired) electrons. The quantitative estimate of drug-likeness (QED) is 0.847. The van der Waals surface area contributed by atoms with E-state index in [4.69, 9.17) is 0 Å². The smallest absolute Gasteiger partial charge is 0.240 e. The Morgan fingerprint density at radius 1 is 1.14 bits per heavy atom. The number of nitrogens with one attached hydrogen (secondary N) is 2. The number of rotatable bonds is 6. The van der Waals surface area contributed by atoms with E-state index in [0.29, 0.717) is 10.8 Å². The lowest BCUT2D eigenvalue weighted by Crippen LogP contribution is -2.40. The van der Waals surface area contributed by atoms with Gasteiger partial charge in [-0.05, 0) is 49.4 Å². The minimum Gasteiger partial charge on any atom is -0.385 e. The van der Waals surface area contributed by atoms with E-state index in [-0.39, 0.29) is 6.04 Å². The number of benzene rings is 1. The van der Waals surface area contributed by atoms with Gasteiger partial charge >= 0.3 is 0 Å². The van der Waals surface area contributed by atoms with Crippen molar-refractivity contribution in [1.29, 1.82) is 0 Å². The average molecular weight is 310 g/mol. The van der Waals surface area contributed by atoms with Crippen LogP contribution in [0.2, 0.25) is 0 Å². The van der Waals surface area contributed by atoms with Crippen molar-refractivity contribution in [2.75, 3.05) is 11.9 Å². The molecule has 2 unspecified atom stereocenters. The van der Waals surface area contributed by atoms with Gasteiger partial charge in [0.05, 0.1) is 4.90 Å². The highest BCUT2D eigenvalue weighted by Crippen LogP contribution is 2.25. The van der Waals surface area contributed by atoms with E-state index in [1.807, 2.05) is 12.1 Å². The van der Waals surface area contributed by atoms with Gasteiger partial charge < -0.3 is 5.32 Å². The first-order chi connectivity index (χ1) is 10.0. The Morgan fingerprint density at radius 2 is 1.81 bits per heavy atom. The molecule has 0 amide bonds. The summed E-state index contributed by atoms with van der Waals surface area (Å²) in [5.74, 6) is 0.416. The van der Waals surface area contributed by atoms with Crippen LogP contribution in [0.15, 0.2) is 29.2 Å². The molecule has 0 bridgehead atoms. The molecule has 1 aliphatic rings. The third-order valence-corrected chi connectivity index (χ3v) is 5.67. The van der Waals surface area contributed by atoms with E-state index in [1.165, 1.54) is 6.42 Å². The lowest BCUT2D eigenvalue weighted by Gasteiger charge is -2.29. The number of sulfonamides is 1. The molecule has 21 heavy (non-hydrogen) atoms. The maximum absolute atomic E-state index is 12.4. The van der Waals surface area contributed by atoms with Crippen LogP contribution < -0.4 is 10.0 Å². The summed E-state index contributed by atoms with van der Waals surface area (Å²) >= 11 is 0. The molecule has 2 atom stereocenters. The molecule has 1 aromatic carbocycles. The van der Waals surface area contributed by atoms with Gasteiger partial charge in [0.2, 0.25) is 10.0 Å². The van der Waals surface area contributed by atoms with Gasteiger partial charge in [-0.3, -0.25) is 0 Å². The van der Waals surface area contributed by atoms with E-state index < -0.39 is 10.0 Å². The zero-order chi connectivity index (χ0) is 15.3. The Kier molecular flexibility index (Phi) is 5.65. The standard InChI is InChI=1S/C16H26N2O2S/c1-3-12-17-14-8-10-15(11-9-14)21(19,20)18-16-7-5-4-6-13(16)2/h8-11,13,16-18H,3-7,12H2,1-2H3. The normalized spacial score (nSPS) is 23.0. The van der Waals surface area contributed by atoms with Crippen LogP contribution in [-0.4, -0.2) is 21.0 Å². The Labute approximate surface area is 128 Å². The fraction of sp³-hybridized carbons (Fsp3) is 0.625. The molecule has 1 aromatic rings. The summed E-state index contributed by atoms with van der Waals surface area (Å²) in [7, 11) is -3.41. The first-order valence-corrected chi connectivity index (χ1v) is 9.37. The molecule has 5 heteroatoms. The van der Waals surface area contributed by atoms with Crippen molar-refractivity contribution >= 4 is 15.7 Å². The van der Waals surface area contributed by atoms with Crippen LogP contribution in [0.4, 0.5) is 5.69 Å². The second-order valence-electron chi connectivity index (χ2n) is 5.94. The first-order valence-electron chi connectivity index (χ1n) is 7.89. The molecule has 0 aliphatic heterocycles. The van der Waals surface area contributed by atoms with Crippen molar-refractivity contribution < 1.29 is 8.42 Å². The highest BCUT2D eigenvalue weighted by Gasteiger charge is 2.26. The van der Waals surface area contributed by atoms with Crippen LogP contribution in [0, 0.1) is 5.92 Å². The Morgan fingerprint density at radius 3 is 2.43 bits per heavy atom. The third kappa shape index (κ3) is 4.45. The van der Waals surface area contributed by atoms with E-state index in [0.717, 1.165) is 37.9 Å². The van der Waals surface area contributed by atoms with E-state index in [1.54, 1.807) is 12.1 Å². The fourth-order valence-corrected chi connectivity index (χ4v) is 4.16. The van der Waals surface area contributed by atoms with Crippen LogP contribution >= 0.6 is 0 Å². The molecule has 0 heterocycles. The highest BCUT2D eigenvalue weighted by molar-refractivity contribution is 7.89. The summed E-state index contributed by atoms with van der Waals surface area (Å²) in [6.45, 7) is 5.12. The predicted octanol–water partition coefficient (Wildman–Crippen LogP) is 3.37. The minimum absolute atomic E-state index is 0.0710. The van der Waals surface area contributed by atoms with Crippen molar-refractivity contribution in [2.45, 2.75) is 56.9 Å². The van der Waals surface area contributed by atoms with Gasteiger partial charge in [-0.1, -0.05) is 26.7 Å². The molecule has 4 nitrogen and oxygen atoms in total. The van der Waals surface area contributed by atoms with Gasteiger partial charge in [-0.15, -0.1) is 0 Å². The molecule has 1 saturated carbocycles. The van der Waals surface area contributed by atoms with E-state index >= 15 is 0 Å². The number of anilines is 1. The number of hydrogen-bond donors (Lipinski definition) is 2. The lowest BCUT2D eigenvalue weighted by atomic mass is 9.87. The second-order valence-corrected chi connectivity index (χ2v) is 7.65. The molecule has 0 spiro atoms. The Bertz CT molecular complexity index is 540. The zero-order valence-corrected chi connectivity index (χ0v) is 13.7.